The Balaban J connectivity index is 1.89. The zero-order valence-corrected chi connectivity index (χ0v) is 9.12. The SMILES string of the molecule is Oc1ccc(NCC2CC=CCC2)cc1F. The van der Waals surface area contributed by atoms with Crippen LogP contribution in [0.2, 0.25) is 0 Å². The van der Waals surface area contributed by atoms with E-state index in [1.807, 2.05) is 0 Å². The van der Waals surface area contributed by atoms with E-state index in [2.05, 4.69) is 17.5 Å². The molecule has 1 atom stereocenters. The van der Waals surface area contributed by atoms with Crippen LogP contribution in [-0.4, -0.2) is 11.7 Å². The largest absolute Gasteiger partial charge is 0.505 e. The van der Waals surface area contributed by atoms with Crippen LogP contribution in [0.1, 0.15) is 19.3 Å². The molecule has 1 unspecified atom stereocenters. The lowest BCUT2D eigenvalue weighted by molar-refractivity contribution is 0.432. The highest BCUT2D eigenvalue weighted by atomic mass is 19.1. The van der Waals surface area contributed by atoms with Crippen LogP contribution in [0.25, 0.3) is 0 Å². The van der Waals surface area contributed by atoms with Gasteiger partial charge in [-0.1, -0.05) is 12.2 Å². The highest BCUT2D eigenvalue weighted by Crippen LogP contribution is 2.22. The second kappa shape index (κ2) is 5.01. The van der Waals surface area contributed by atoms with Crippen molar-refractivity contribution in [2.75, 3.05) is 11.9 Å². The van der Waals surface area contributed by atoms with Gasteiger partial charge in [0.2, 0.25) is 0 Å². The smallest absolute Gasteiger partial charge is 0.166 e. The average molecular weight is 221 g/mol. The number of benzene rings is 1. The van der Waals surface area contributed by atoms with E-state index in [1.165, 1.54) is 18.6 Å². The Morgan fingerprint density at radius 2 is 2.25 bits per heavy atom. The predicted octanol–water partition coefficient (Wildman–Crippen LogP) is 3.30. The van der Waals surface area contributed by atoms with Crippen LogP contribution in [0.5, 0.6) is 5.75 Å². The third kappa shape index (κ3) is 2.75. The Bertz CT molecular complexity index is 390. The van der Waals surface area contributed by atoms with Crippen molar-refractivity contribution < 1.29 is 9.50 Å². The lowest BCUT2D eigenvalue weighted by Gasteiger charge is -2.18. The number of phenolic OH excluding ortho intramolecular Hbond substituents is 1. The number of aromatic hydroxyl groups is 1. The Morgan fingerprint density at radius 1 is 1.38 bits per heavy atom. The molecule has 86 valence electrons. The first-order chi connectivity index (χ1) is 7.75. The van der Waals surface area contributed by atoms with Gasteiger partial charge in [0.15, 0.2) is 11.6 Å². The molecule has 2 N–H and O–H groups in total. The molecular weight excluding hydrogens is 205 g/mol. The summed E-state index contributed by atoms with van der Waals surface area (Å²) in [6, 6.07) is 4.39. The molecule has 0 aromatic heterocycles. The van der Waals surface area contributed by atoms with Crippen molar-refractivity contribution in [2.24, 2.45) is 5.92 Å². The van der Waals surface area contributed by atoms with Crippen molar-refractivity contribution in [1.29, 1.82) is 0 Å². The predicted molar refractivity (Wildman–Crippen MR) is 63.0 cm³/mol. The maximum Gasteiger partial charge on any atom is 0.166 e. The van der Waals surface area contributed by atoms with Gasteiger partial charge in [-0.25, -0.2) is 4.39 Å². The highest BCUT2D eigenvalue weighted by molar-refractivity contribution is 5.46. The molecule has 0 amide bonds. The molecular formula is C13H16FNO. The Morgan fingerprint density at radius 3 is 2.94 bits per heavy atom. The van der Waals surface area contributed by atoms with Crippen LogP contribution < -0.4 is 5.32 Å². The summed E-state index contributed by atoms with van der Waals surface area (Å²) in [5, 5.41) is 12.2. The first-order valence-electron chi connectivity index (χ1n) is 5.63. The lowest BCUT2D eigenvalue weighted by atomic mass is 9.94. The van der Waals surface area contributed by atoms with Crippen molar-refractivity contribution in [3.05, 3.63) is 36.2 Å². The molecule has 2 rings (SSSR count). The van der Waals surface area contributed by atoms with E-state index >= 15 is 0 Å². The maximum atomic E-state index is 13.0. The van der Waals surface area contributed by atoms with Crippen LogP contribution >= 0.6 is 0 Å². The molecule has 0 bridgehead atoms. The standard InChI is InChI=1S/C13H16FNO/c14-12-8-11(6-7-13(12)16)15-9-10-4-2-1-3-5-10/h1-2,6-8,10,15-16H,3-5,9H2. The number of nitrogens with one attached hydrogen (secondary N) is 1. The second-order valence-corrected chi connectivity index (χ2v) is 4.20. The maximum absolute atomic E-state index is 13.0. The van der Waals surface area contributed by atoms with Gasteiger partial charge in [-0.2, -0.15) is 0 Å². The van der Waals surface area contributed by atoms with Gasteiger partial charge in [0.25, 0.3) is 0 Å². The topological polar surface area (TPSA) is 32.3 Å². The molecule has 0 aliphatic heterocycles. The number of allylic oxidation sites excluding steroid dienone is 2. The number of rotatable bonds is 3. The van der Waals surface area contributed by atoms with Crippen molar-refractivity contribution in [2.45, 2.75) is 19.3 Å². The highest BCUT2D eigenvalue weighted by Gasteiger charge is 2.09. The monoisotopic (exact) mass is 221 g/mol. The molecule has 0 spiro atoms. The number of hydrogen-bond donors (Lipinski definition) is 2. The summed E-state index contributed by atoms with van der Waals surface area (Å²) < 4.78 is 13.0. The van der Waals surface area contributed by atoms with Crippen LogP contribution in [0.15, 0.2) is 30.4 Å². The number of hydrogen-bond acceptors (Lipinski definition) is 2. The molecule has 3 heteroatoms. The van der Waals surface area contributed by atoms with Gasteiger partial charge in [-0.15, -0.1) is 0 Å². The zero-order chi connectivity index (χ0) is 11.4. The average Bonchev–Trinajstić information content (AvgIpc) is 2.32. The van der Waals surface area contributed by atoms with Crippen LogP contribution in [0, 0.1) is 11.7 Å². The Hall–Kier alpha value is -1.51. The molecule has 2 nitrogen and oxygen atoms in total. The minimum absolute atomic E-state index is 0.300. The summed E-state index contributed by atoms with van der Waals surface area (Å²) in [6.45, 7) is 0.856. The van der Waals surface area contributed by atoms with Gasteiger partial charge < -0.3 is 10.4 Å². The minimum atomic E-state index is -0.575. The van der Waals surface area contributed by atoms with E-state index < -0.39 is 5.82 Å². The third-order valence-corrected chi connectivity index (χ3v) is 2.92. The molecule has 1 aromatic carbocycles. The molecule has 16 heavy (non-hydrogen) atoms. The number of phenols is 1. The molecule has 0 saturated carbocycles. The van der Waals surface area contributed by atoms with E-state index in [1.54, 1.807) is 6.07 Å². The van der Waals surface area contributed by atoms with Crippen LogP contribution in [-0.2, 0) is 0 Å². The van der Waals surface area contributed by atoms with Crippen LogP contribution in [0.3, 0.4) is 0 Å². The minimum Gasteiger partial charge on any atom is -0.505 e. The van der Waals surface area contributed by atoms with Gasteiger partial charge in [0, 0.05) is 18.3 Å². The molecule has 0 saturated heterocycles. The second-order valence-electron chi connectivity index (χ2n) is 4.20. The molecule has 1 aliphatic carbocycles. The van der Waals surface area contributed by atoms with Gasteiger partial charge >= 0.3 is 0 Å². The normalized spacial score (nSPS) is 19.7. The van der Waals surface area contributed by atoms with Gasteiger partial charge in [0.05, 0.1) is 0 Å². The van der Waals surface area contributed by atoms with Crippen molar-refractivity contribution >= 4 is 5.69 Å². The molecule has 0 radical (unpaired) electrons. The summed E-state index contributed by atoms with van der Waals surface area (Å²) in [7, 11) is 0. The van der Waals surface area contributed by atoms with Crippen molar-refractivity contribution in [3.8, 4) is 5.75 Å². The quantitative estimate of drug-likeness (QED) is 0.606. The molecule has 0 heterocycles. The number of anilines is 1. The van der Waals surface area contributed by atoms with Crippen molar-refractivity contribution in [3.63, 3.8) is 0 Å². The first-order valence-corrected chi connectivity index (χ1v) is 5.63. The van der Waals surface area contributed by atoms with Crippen molar-refractivity contribution in [1.82, 2.24) is 0 Å². The lowest BCUT2D eigenvalue weighted by Crippen LogP contribution is -2.15. The van der Waals surface area contributed by atoms with Gasteiger partial charge in [-0.05, 0) is 37.3 Å². The Kier molecular flexibility index (Phi) is 3.44. The van der Waals surface area contributed by atoms with E-state index in [4.69, 9.17) is 5.11 Å². The summed E-state index contributed by atoms with van der Waals surface area (Å²) in [6.07, 6.45) is 7.82. The third-order valence-electron chi connectivity index (χ3n) is 2.92. The van der Waals surface area contributed by atoms with E-state index in [9.17, 15) is 4.39 Å². The Labute approximate surface area is 94.8 Å². The van der Waals surface area contributed by atoms with E-state index in [-0.39, 0.29) is 5.75 Å². The fourth-order valence-corrected chi connectivity index (χ4v) is 1.92. The first kappa shape index (κ1) is 11.0. The van der Waals surface area contributed by atoms with Gasteiger partial charge in [0.1, 0.15) is 0 Å². The zero-order valence-electron chi connectivity index (χ0n) is 9.12. The van der Waals surface area contributed by atoms with Gasteiger partial charge in [-0.3, -0.25) is 0 Å². The van der Waals surface area contributed by atoms with E-state index in [0.29, 0.717) is 5.92 Å². The summed E-state index contributed by atoms with van der Waals surface area (Å²) in [5.74, 6) is -0.249. The summed E-state index contributed by atoms with van der Waals surface area (Å²) in [4.78, 5) is 0. The van der Waals surface area contributed by atoms with Crippen LogP contribution in [0.4, 0.5) is 10.1 Å². The molecule has 1 aliphatic rings. The fraction of sp³-hybridized carbons (Fsp3) is 0.385. The summed E-state index contributed by atoms with van der Waals surface area (Å²) >= 11 is 0. The number of halogens is 1. The molecule has 1 aromatic rings. The van der Waals surface area contributed by atoms with E-state index in [0.717, 1.165) is 25.1 Å². The summed E-state index contributed by atoms with van der Waals surface area (Å²) in [5.41, 5.74) is 0.727. The molecule has 0 fully saturated rings. The fourth-order valence-electron chi connectivity index (χ4n) is 1.92.